The number of rotatable bonds is 11. The molecule has 0 bridgehead atoms. The molecule has 1 amide bonds. The largest absolute Gasteiger partial charge is 0.494 e. The molecule has 0 heterocycles. The quantitative estimate of drug-likeness (QED) is 0.520. The van der Waals surface area contributed by atoms with Crippen molar-refractivity contribution in [3.63, 3.8) is 0 Å². The molecule has 2 rings (SSSR count). The van der Waals surface area contributed by atoms with Crippen molar-refractivity contribution in [3.8, 4) is 5.75 Å². The number of nitrogens with two attached hydrogens (primary N) is 1. The topological polar surface area (TPSA) is 64.3 Å². The molecule has 1 aliphatic carbocycles. The third-order valence-electron chi connectivity index (χ3n) is 4.95. The van der Waals surface area contributed by atoms with Crippen LogP contribution < -0.4 is 15.8 Å². The summed E-state index contributed by atoms with van der Waals surface area (Å²) in [6, 6.07) is 7.91. The molecule has 0 saturated carbocycles. The minimum absolute atomic E-state index is 0.132. The second-order valence-corrected chi connectivity index (χ2v) is 7.24. The van der Waals surface area contributed by atoms with Crippen molar-refractivity contribution < 1.29 is 9.53 Å². The van der Waals surface area contributed by atoms with Crippen LogP contribution in [0.1, 0.15) is 64.4 Å². The number of benzene rings is 1. The standard InChI is InChI=1S/C24H34N2O2/c1-3-5-6-7-8-16-28-21-14-12-20(13-15-21)18-26-24(27)22-11-9-10-19(4-2)17-23(22)25/h9-15H,3-8,16-18,25H2,1-2H3,(H,26,27). The fourth-order valence-electron chi connectivity index (χ4n) is 3.13. The average molecular weight is 383 g/mol. The van der Waals surface area contributed by atoms with E-state index in [-0.39, 0.29) is 5.91 Å². The van der Waals surface area contributed by atoms with Crippen LogP contribution in [0.25, 0.3) is 0 Å². The summed E-state index contributed by atoms with van der Waals surface area (Å²) in [7, 11) is 0. The molecule has 0 fully saturated rings. The molecule has 0 aliphatic heterocycles. The summed E-state index contributed by atoms with van der Waals surface area (Å²) in [5, 5.41) is 2.96. The van der Waals surface area contributed by atoms with Crippen molar-refractivity contribution in [2.24, 2.45) is 5.73 Å². The van der Waals surface area contributed by atoms with E-state index < -0.39 is 0 Å². The van der Waals surface area contributed by atoms with Crippen LogP contribution in [-0.4, -0.2) is 12.5 Å². The normalized spacial score (nSPS) is 13.9. The van der Waals surface area contributed by atoms with Crippen LogP contribution in [0, 0.1) is 0 Å². The number of unbranched alkanes of at least 4 members (excludes halogenated alkanes) is 4. The number of hydrogen-bond donors (Lipinski definition) is 2. The van der Waals surface area contributed by atoms with Gasteiger partial charge in [0.15, 0.2) is 0 Å². The number of amides is 1. The van der Waals surface area contributed by atoms with E-state index in [1.54, 1.807) is 6.08 Å². The monoisotopic (exact) mass is 382 g/mol. The summed E-state index contributed by atoms with van der Waals surface area (Å²) in [5.74, 6) is 0.745. The zero-order valence-corrected chi connectivity index (χ0v) is 17.3. The summed E-state index contributed by atoms with van der Waals surface area (Å²) >= 11 is 0. The van der Waals surface area contributed by atoms with Crippen LogP contribution in [0.4, 0.5) is 0 Å². The van der Waals surface area contributed by atoms with Crippen LogP contribution in [0.5, 0.6) is 5.75 Å². The maximum Gasteiger partial charge on any atom is 0.253 e. The molecule has 152 valence electrons. The Balaban J connectivity index is 1.77. The predicted molar refractivity (Wildman–Crippen MR) is 116 cm³/mol. The van der Waals surface area contributed by atoms with Gasteiger partial charge in [0, 0.05) is 18.7 Å². The second-order valence-electron chi connectivity index (χ2n) is 7.24. The van der Waals surface area contributed by atoms with Gasteiger partial charge in [-0.1, -0.05) is 69.4 Å². The van der Waals surface area contributed by atoms with Gasteiger partial charge in [0.25, 0.3) is 5.91 Å². The van der Waals surface area contributed by atoms with E-state index >= 15 is 0 Å². The predicted octanol–water partition coefficient (Wildman–Crippen LogP) is 5.16. The van der Waals surface area contributed by atoms with E-state index in [0.29, 0.717) is 24.2 Å². The lowest BCUT2D eigenvalue weighted by molar-refractivity contribution is -0.117. The highest BCUT2D eigenvalue weighted by Crippen LogP contribution is 2.19. The smallest absolute Gasteiger partial charge is 0.253 e. The van der Waals surface area contributed by atoms with Crippen LogP contribution in [0.2, 0.25) is 0 Å². The molecule has 0 saturated heterocycles. The van der Waals surface area contributed by atoms with E-state index in [1.807, 2.05) is 36.4 Å². The van der Waals surface area contributed by atoms with Gasteiger partial charge in [-0.15, -0.1) is 0 Å². The van der Waals surface area contributed by atoms with Crippen molar-refractivity contribution in [3.05, 3.63) is 64.9 Å². The highest BCUT2D eigenvalue weighted by molar-refractivity contribution is 5.97. The Hall–Kier alpha value is -2.49. The van der Waals surface area contributed by atoms with Gasteiger partial charge in [0.2, 0.25) is 0 Å². The van der Waals surface area contributed by atoms with Crippen molar-refractivity contribution in [2.45, 2.75) is 65.3 Å². The average Bonchev–Trinajstić information content (AvgIpc) is 2.90. The SMILES string of the molecule is CCCCCCCOc1ccc(CNC(=O)C2=C(N)CC(CC)=CC=C2)cc1. The minimum atomic E-state index is -0.132. The number of carbonyl (C=O) groups is 1. The summed E-state index contributed by atoms with van der Waals surface area (Å²) in [5.41, 5.74) is 9.58. The van der Waals surface area contributed by atoms with E-state index in [9.17, 15) is 4.79 Å². The highest BCUT2D eigenvalue weighted by Gasteiger charge is 2.13. The Labute approximate surface area is 169 Å². The Morgan fingerprint density at radius 1 is 1.11 bits per heavy atom. The number of allylic oxidation sites excluding steroid dienone is 3. The second kappa shape index (κ2) is 12.1. The van der Waals surface area contributed by atoms with E-state index in [1.165, 1.54) is 31.3 Å². The molecular formula is C24H34N2O2. The Morgan fingerprint density at radius 2 is 1.86 bits per heavy atom. The summed E-state index contributed by atoms with van der Waals surface area (Å²) in [4.78, 5) is 12.5. The lowest BCUT2D eigenvalue weighted by Crippen LogP contribution is -2.26. The molecule has 4 nitrogen and oxygen atoms in total. The highest BCUT2D eigenvalue weighted by atomic mass is 16.5. The number of carbonyl (C=O) groups excluding carboxylic acids is 1. The fourth-order valence-corrected chi connectivity index (χ4v) is 3.13. The van der Waals surface area contributed by atoms with Gasteiger partial charge in [-0.3, -0.25) is 4.79 Å². The maximum atomic E-state index is 12.5. The third kappa shape index (κ3) is 7.26. The molecule has 3 N–H and O–H groups in total. The number of hydrogen-bond acceptors (Lipinski definition) is 3. The van der Waals surface area contributed by atoms with Crippen molar-refractivity contribution >= 4 is 5.91 Å². The fraction of sp³-hybridized carbons (Fsp3) is 0.458. The van der Waals surface area contributed by atoms with Crippen LogP contribution >= 0.6 is 0 Å². The molecule has 0 spiro atoms. The molecule has 1 aliphatic rings. The van der Waals surface area contributed by atoms with Gasteiger partial charge >= 0.3 is 0 Å². The molecule has 1 aromatic rings. The summed E-state index contributed by atoms with van der Waals surface area (Å²) in [6.45, 7) is 5.54. The third-order valence-corrected chi connectivity index (χ3v) is 4.95. The molecule has 4 heteroatoms. The maximum absolute atomic E-state index is 12.5. The molecule has 28 heavy (non-hydrogen) atoms. The number of nitrogens with one attached hydrogen (secondary N) is 1. The van der Waals surface area contributed by atoms with Gasteiger partial charge in [-0.2, -0.15) is 0 Å². The lowest BCUT2D eigenvalue weighted by atomic mass is 10.1. The van der Waals surface area contributed by atoms with Crippen molar-refractivity contribution in [1.82, 2.24) is 5.32 Å². The first kappa shape index (κ1) is 21.8. The van der Waals surface area contributed by atoms with Crippen LogP contribution in [-0.2, 0) is 11.3 Å². The Morgan fingerprint density at radius 3 is 2.57 bits per heavy atom. The first-order chi connectivity index (χ1) is 13.6. The number of ether oxygens (including phenoxy) is 1. The van der Waals surface area contributed by atoms with E-state index in [2.05, 4.69) is 19.2 Å². The van der Waals surface area contributed by atoms with Gasteiger partial charge in [-0.25, -0.2) is 0 Å². The lowest BCUT2D eigenvalue weighted by Gasteiger charge is -2.10. The summed E-state index contributed by atoms with van der Waals surface area (Å²) < 4.78 is 5.78. The van der Waals surface area contributed by atoms with Crippen LogP contribution in [0.15, 0.2) is 59.3 Å². The van der Waals surface area contributed by atoms with E-state index in [0.717, 1.165) is 30.8 Å². The first-order valence-electron chi connectivity index (χ1n) is 10.5. The molecule has 0 unspecified atom stereocenters. The first-order valence-corrected chi connectivity index (χ1v) is 10.5. The molecule has 0 aromatic heterocycles. The minimum Gasteiger partial charge on any atom is -0.494 e. The van der Waals surface area contributed by atoms with Gasteiger partial charge in [-0.05, 0) is 36.6 Å². The van der Waals surface area contributed by atoms with Gasteiger partial charge in [0.1, 0.15) is 5.75 Å². The molecular weight excluding hydrogens is 348 g/mol. The van der Waals surface area contributed by atoms with Gasteiger partial charge in [0.05, 0.1) is 12.2 Å². The van der Waals surface area contributed by atoms with Gasteiger partial charge < -0.3 is 15.8 Å². The molecule has 1 aromatic carbocycles. The Kier molecular flexibility index (Phi) is 9.40. The molecule has 0 radical (unpaired) electrons. The van der Waals surface area contributed by atoms with Crippen LogP contribution in [0.3, 0.4) is 0 Å². The summed E-state index contributed by atoms with van der Waals surface area (Å²) in [6.07, 6.45) is 13.5. The zero-order chi connectivity index (χ0) is 20.2. The molecule has 0 atom stereocenters. The van der Waals surface area contributed by atoms with E-state index in [4.69, 9.17) is 10.5 Å². The Bertz CT molecular complexity index is 715. The van der Waals surface area contributed by atoms with Crippen molar-refractivity contribution in [2.75, 3.05) is 6.61 Å². The van der Waals surface area contributed by atoms with Crippen molar-refractivity contribution in [1.29, 1.82) is 0 Å². The zero-order valence-electron chi connectivity index (χ0n) is 17.3.